The molecule has 0 unspecified atom stereocenters. The molecule has 216 valence electrons. The third kappa shape index (κ3) is 5.72. The van der Waals surface area contributed by atoms with Crippen LogP contribution in [0, 0.1) is 46.3 Å². The second-order valence-corrected chi connectivity index (χ2v) is 15.1. The van der Waals surface area contributed by atoms with Gasteiger partial charge in [-0.3, -0.25) is 9.59 Å². The van der Waals surface area contributed by atoms with Gasteiger partial charge in [0.25, 0.3) is 0 Å². The molecule has 5 saturated carbocycles. The van der Waals surface area contributed by atoms with Gasteiger partial charge in [-0.15, -0.1) is 0 Å². The minimum atomic E-state index is -0.544. The molecule has 0 aromatic rings. The van der Waals surface area contributed by atoms with E-state index in [0.29, 0.717) is 11.6 Å². The van der Waals surface area contributed by atoms with E-state index < -0.39 is 10.8 Å². The van der Waals surface area contributed by atoms with Crippen LogP contribution in [0.5, 0.6) is 0 Å². The van der Waals surface area contributed by atoms with Gasteiger partial charge in [0, 0.05) is 0 Å². The quantitative estimate of drug-likeness (QED) is 0.210. The molecule has 5 aliphatic carbocycles. The van der Waals surface area contributed by atoms with Crippen LogP contribution < -0.4 is 0 Å². The van der Waals surface area contributed by atoms with E-state index in [1.54, 1.807) is 0 Å². The Morgan fingerprint density at radius 3 is 1.11 bits per heavy atom. The van der Waals surface area contributed by atoms with Gasteiger partial charge in [-0.1, -0.05) is 90.9 Å². The molecule has 0 aromatic heterocycles. The van der Waals surface area contributed by atoms with Gasteiger partial charge in [-0.25, -0.2) is 0 Å². The van der Waals surface area contributed by atoms with E-state index >= 15 is 0 Å². The predicted octanol–water partition coefficient (Wildman–Crippen LogP) is 10.3. The second-order valence-electron chi connectivity index (χ2n) is 15.1. The van der Waals surface area contributed by atoms with Crippen molar-refractivity contribution in [1.82, 2.24) is 0 Å². The molecular weight excluding hydrogens is 464 g/mol. The summed E-state index contributed by atoms with van der Waals surface area (Å²) in [6, 6.07) is 0. The first-order valence-electron chi connectivity index (χ1n) is 17.6. The summed E-state index contributed by atoms with van der Waals surface area (Å²) in [7, 11) is 0. The molecule has 5 rings (SSSR count). The number of Topliss-reactive ketones (excluding diaryl/α,β-unsaturated/α-hetero) is 2. The maximum absolute atomic E-state index is 13.8. The van der Waals surface area contributed by atoms with Crippen LogP contribution in [-0.2, 0) is 9.59 Å². The van der Waals surface area contributed by atoms with Gasteiger partial charge >= 0.3 is 0 Å². The monoisotopic (exact) mass is 524 g/mol. The summed E-state index contributed by atoms with van der Waals surface area (Å²) < 4.78 is 0. The fourth-order valence-electron chi connectivity index (χ4n) is 10.4. The highest BCUT2D eigenvalue weighted by Crippen LogP contribution is 2.63. The average Bonchev–Trinajstić information content (AvgIpc) is 2.98. The fraction of sp³-hybridized carbons (Fsp3) is 0.944. The Labute approximate surface area is 235 Å². The molecule has 2 nitrogen and oxygen atoms in total. The maximum Gasteiger partial charge on any atom is 0.159 e. The molecule has 0 amide bonds. The van der Waals surface area contributed by atoms with Crippen LogP contribution in [0.2, 0.25) is 0 Å². The van der Waals surface area contributed by atoms with Crippen molar-refractivity contribution in [1.29, 1.82) is 0 Å². The molecule has 2 heteroatoms. The van der Waals surface area contributed by atoms with E-state index in [-0.39, 0.29) is 0 Å². The van der Waals surface area contributed by atoms with Gasteiger partial charge in [0.2, 0.25) is 0 Å². The maximum atomic E-state index is 13.8. The first-order valence-corrected chi connectivity index (χ1v) is 17.6. The Hall–Kier alpha value is -0.660. The molecule has 38 heavy (non-hydrogen) atoms. The molecule has 0 saturated heterocycles. The van der Waals surface area contributed by atoms with E-state index in [2.05, 4.69) is 13.8 Å². The minimum Gasteiger partial charge on any atom is -0.297 e. The molecule has 0 aliphatic heterocycles. The van der Waals surface area contributed by atoms with Gasteiger partial charge in [-0.05, 0) is 113 Å². The summed E-state index contributed by atoms with van der Waals surface area (Å²) in [5.41, 5.74) is -1.09. The fourth-order valence-corrected chi connectivity index (χ4v) is 10.4. The Kier molecular flexibility index (Phi) is 9.79. The first kappa shape index (κ1) is 28.9. The van der Waals surface area contributed by atoms with Gasteiger partial charge in [-0.2, -0.15) is 0 Å². The zero-order valence-electron chi connectivity index (χ0n) is 25.3. The molecule has 0 N–H and O–H groups in total. The molecule has 5 aliphatic rings. The SMILES string of the molecule is CCCCC[C@H]1CC[C@H](C2CCC3(CC2)C(=O)C2(CCC([C@H]4CC[C@H](CCCCC)CC4)CC2)C3=O)CC1. The molecule has 2 spiro atoms. The van der Waals surface area contributed by atoms with Crippen LogP contribution in [-0.4, -0.2) is 11.6 Å². The van der Waals surface area contributed by atoms with E-state index in [9.17, 15) is 9.59 Å². The van der Waals surface area contributed by atoms with Crippen molar-refractivity contribution < 1.29 is 9.59 Å². The lowest BCUT2D eigenvalue weighted by atomic mass is 9.41. The van der Waals surface area contributed by atoms with Crippen molar-refractivity contribution in [3.8, 4) is 0 Å². The normalized spacial score (nSPS) is 41.9. The van der Waals surface area contributed by atoms with Crippen molar-refractivity contribution in [3.05, 3.63) is 0 Å². The average molecular weight is 525 g/mol. The van der Waals surface area contributed by atoms with Crippen molar-refractivity contribution in [2.45, 2.75) is 168 Å². The van der Waals surface area contributed by atoms with Crippen molar-refractivity contribution in [2.75, 3.05) is 0 Å². The lowest BCUT2D eigenvalue weighted by Crippen LogP contribution is -2.68. The zero-order valence-corrected chi connectivity index (χ0v) is 25.3. The van der Waals surface area contributed by atoms with E-state index in [4.69, 9.17) is 0 Å². The molecule has 0 heterocycles. The molecule has 0 aromatic carbocycles. The minimum absolute atomic E-state index is 0.408. The highest BCUT2D eigenvalue weighted by Gasteiger charge is 2.71. The first-order chi connectivity index (χ1) is 18.5. The van der Waals surface area contributed by atoms with E-state index in [0.717, 1.165) is 86.9 Å². The van der Waals surface area contributed by atoms with Gasteiger partial charge in [0.15, 0.2) is 11.6 Å². The van der Waals surface area contributed by atoms with Crippen molar-refractivity contribution in [3.63, 3.8) is 0 Å². The number of rotatable bonds is 10. The summed E-state index contributed by atoms with van der Waals surface area (Å²) >= 11 is 0. The number of carbonyl (C=O) groups is 2. The Morgan fingerprint density at radius 1 is 0.474 bits per heavy atom. The molecule has 0 bridgehead atoms. The van der Waals surface area contributed by atoms with Crippen LogP contribution in [0.25, 0.3) is 0 Å². The standard InChI is InChI=1S/C36H60O2/c1-3-5-7-9-27-11-15-29(16-12-27)31-19-23-35(24-20-31)33(37)36(34(35)38)25-21-32(22-26-36)30-17-13-28(14-18-30)10-8-6-4-2/h27-32H,3-26H2,1-2H3/t27-,28-,29-,30-,31?,32?,35?,36?. The summed E-state index contributed by atoms with van der Waals surface area (Å²) in [6.45, 7) is 4.61. The third-order valence-corrected chi connectivity index (χ3v) is 13.1. The lowest BCUT2D eigenvalue weighted by molar-refractivity contribution is -0.179. The Morgan fingerprint density at radius 2 is 0.789 bits per heavy atom. The van der Waals surface area contributed by atoms with E-state index in [1.165, 1.54) is 103 Å². The van der Waals surface area contributed by atoms with Crippen LogP contribution in [0.1, 0.15) is 168 Å². The number of hydrogen-bond acceptors (Lipinski definition) is 2. The van der Waals surface area contributed by atoms with Crippen LogP contribution in [0.4, 0.5) is 0 Å². The molecular formula is C36H60O2. The van der Waals surface area contributed by atoms with Crippen molar-refractivity contribution >= 4 is 11.6 Å². The van der Waals surface area contributed by atoms with Gasteiger partial charge in [0.1, 0.15) is 0 Å². The summed E-state index contributed by atoms with van der Waals surface area (Å²) in [5, 5.41) is 0. The lowest BCUT2D eigenvalue weighted by Gasteiger charge is -2.58. The van der Waals surface area contributed by atoms with Gasteiger partial charge < -0.3 is 0 Å². The zero-order chi connectivity index (χ0) is 26.6. The summed E-state index contributed by atoms with van der Waals surface area (Å²) in [4.78, 5) is 27.6. The smallest absolute Gasteiger partial charge is 0.159 e. The molecule has 0 radical (unpaired) electrons. The van der Waals surface area contributed by atoms with Crippen LogP contribution in [0.3, 0.4) is 0 Å². The van der Waals surface area contributed by atoms with Crippen molar-refractivity contribution in [2.24, 2.45) is 46.3 Å². The predicted molar refractivity (Wildman–Crippen MR) is 158 cm³/mol. The second kappa shape index (κ2) is 12.9. The topological polar surface area (TPSA) is 34.1 Å². The number of hydrogen-bond donors (Lipinski definition) is 0. The largest absolute Gasteiger partial charge is 0.297 e. The highest BCUT2D eigenvalue weighted by molar-refractivity contribution is 6.30. The highest BCUT2D eigenvalue weighted by atomic mass is 16.2. The number of unbranched alkanes of at least 4 members (excludes halogenated alkanes) is 4. The molecule has 5 fully saturated rings. The van der Waals surface area contributed by atoms with Gasteiger partial charge in [0.05, 0.1) is 10.8 Å². The number of carbonyl (C=O) groups excluding carboxylic acids is 2. The van der Waals surface area contributed by atoms with Crippen LogP contribution in [0.15, 0.2) is 0 Å². The Bertz CT molecular complexity index is 683. The van der Waals surface area contributed by atoms with E-state index in [1.807, 2.05) is 0 Å². The third-order valence-electron chi connectivity index (χ3n) is 13.1. The summed E-state index contributed by atoms with van der Waals surface area (Å²) in [5.74, 6) is 6.05. The number of ketones is 2. The Balaban J connectivity index is 1.04. The molecule has 0 atom stereocenters. The summed E-state index contributed by atoms with van der Waals surface area (Å²) in [6.07, 6.45) is 30.6. The van der Waals surface area contributed by atoms with Crippen LogP contribution >= 0.6 is 0 Å².